The van der Waals surface area contributed by atoms with Crippen LogP contribution in [0.2, 0.25) is 0 Å². The lowest BCUT2D eigenvalue weighted by Gasteiger charge is -2.14. The van der Waals surface area contributed by atoms with Crippen molar-refractivity contribution in [3.05, 3.63) is 65.5 Å². The Morgan fingerprint density at radius 2 is 1.81 bits per heavy atom. The summed E-state index contributed by atoms with van der Waals surface area (Å²) in [5.41, 5.74) is 1.91. The van der Waals surface area contributed by atoms with Gasteiger partial charge in [-0.15, -0.1) is 11.3 Å². The monoisotopic (exact) mass is 377 g/mol. The summed E-state index contributed by atoms with van der Waals surface area (Å²) in [6, 6.07) is 17.9. The second kappa shape index (κ2) is 7.63. The van der Waals surface area contributed by atoms with Crippen LogP contribution in [-0.4, -0.2) is 24.2 Å². The number of ether oxygens (including phenoxy) is 2. The van der Waals surface area contributed by atoms with E-state index >= 15 is 0 Å². The molecule has 2 heterocycles. The van der Waals surface area contributed by atoms with Crippen LogP contribution in [0.1, 0.15) is 5.56 Å². The van der Waals surface area contributed by atoms with E-state index in [1.807, 2.05) is 60.0 Å². The number of rotatable bonds is 6. The molecular weight excluding hydrogens is 358 g/mol. The van der Waals surface area contributed by atoms with Crippen LogP contribution >= 0.6 is 11.3 Å². The fraction of sp³-hybridized carbons (Fsp3) is 0.143. The summed E-state index contributed by atoms with van der Waals surface area (Å²) in [5.74, 6) is 2.96. The molecule has 27 heavy (non-hydrogen) atoms. The number of thiophene rings is 1. The Hall–Kier alpha value is -3.12. The molecule has 6 heteroatoms. The van der Waals surface area contributed by atoms with Gasteiger partial charge in [0.15, 0.2) is 17.3 Å². The van der Waals surface area contributed by atoms with Gasteiger partial charge in [0, 0.05) is 17.5 Å². The Kier molecular flexibility index (Phi) is 4.89. The number of para-hydroxylation sites is 2. The van der Waals surface area contributed by atoms with Crippen molar-refractivity contribution in [1.82, 2.24) is 9.97 Å². The van der Waals surface area contributed by atoms with Crippen molar-refractivity contribution < 1.29 is 9.47 Å². The summed E-state index contributed by atoms with van der Waals surface area (Å²) >= 11 is 1.63. The van der Waals surface area contributed by atoms with Crippen LogP contribution in [0, 0.1) is 0 Å². The third kappa shape index (κ3) is 3.44. The smallest absolute Gasteiger partial charge is 0.172 e. The minimum atomic E-state index is 0.561. The minimum Gasteiger partial charge on any atom is -0.493 e. The molecule has 0 amide bonds. The summed E-state index contributed by atoms with van der Waals surface area (Å²) in [4.78, 5) is 10.5. The average molecular weight is 377 g/mol. The molecule has 0 bridgehead atoms. The quantitative estimate of drug-likeness (QED) is 0.513. The van der Waals surface area contributed by atoms with Gasteiger partial charge in [-0.1, -0.05) is 30.3 Å². The van der Waals surface area contributed by atoms with Crippen molar-refractivity contribution in [2.24, 2.45) is 0 Å². The van der Waals surface area contributed by atoms with Gasteiger partial charge in [-0.3, -0.25) is 0 Å². The molecule has 2 aromatic carbocycles. The van der Waals surface area contributed by atoms with E-state index in [4.69, 9.17) is 19.4 Å². The first-order chi connectivity index (χ1) is 13.3. The maximum Gasteiger partial charge on any atom is 0.172 e. The zero-order valence-corrected chi connectivity index (χ0v) is 15.9. The molecule has 2 aromatic heterocycles. The number of methoxy groups -OCH3 is 2. The maximum atomic E-state index is 5.53. The van der Waals surface area contributed by atoms with E-state index in [1.165, 1.54) is 0 Å². The summed E-state index contributed by atoms with van der Waals surface area (Å²) in [6.45, 7) is 0.561. The summed E-state index contributed by atoms with van der Waals surface area (Å²) in [6.07, 6.45) is 0. The van der Waals surface area contributed by atoms with Gasteiger partial charge < -0.3 is 14.8 Å². The van der Waals surface area contributed by atoms with Gasteiger partial charge in [0.05, 0.1) is 24.6 Å². The van der Waals surface area contributed by atoms with E-state index < -0.39 is 0 Å². The van der Waals surface area contributed by atoms with Crippen molar-refractivity contribution in [3.63, 3.8) is 0 Å². The Labute approximate surface area is 161 Å². The molecule has 0 fully saturated rings. The van der Waals surface area contributed by atoms with E-state index in [2.05, 4.69) is 5.32 Å². The number of hydrogen-bond acceptors (Lipinski definition) is 6. The Morgan fingerprint density at radius 1 is 0.926 bits per heavy atom. The summed E-state index contributed by atoms with van der Waals surface area (Å²) < 4.78 is 10.9. The fourth-order valence-corrected chi connectivity index (χ4v) is 3.66. The molecule has 0 spiro atoms. The molecule has 0 radical (unpaired) electrons. The SMILES string of the molecule is COc1cccc(CNc2nc(-c3cccs3)nc3ccccc23)c1OC. The normalized spacial score (nSPS) is 10.7. The number of benzene rings is 2. The zero-order chi connectivity index (χ0) is 18.6. The summed E-state index contributed by atoms with van der Waals surface area (Å²) in [7, 11) is 3.29. The first kappa shape index (κ1) is 17.3. The highest BCUT2D eigenvalue weighted by atomic mass is 32.1. The number of fused-ring (bicyclic) bond motifs is 1. The first-order valence-electron chi connectivity index (χ1n) is 8.54. The van der Waals surface area contributed by atoms with Crippen LogP contribution in [0.25, 0.3) is 21.6 Å². The third-order valence-corrected chi connectivity index (χ3v) is 5.14. The second-order valence-corrected chi connectivity index (χ2v) is 6.84. The van der Waals surface area contributed by atoms with Crippen LogP contribution in [0.15, 0.2) is 60.0 Å². The molecular formula is C21H19N3O2S. The summed E-state index contributed by atoms with van der Waals surface area (Å²) in [5, 5.41) is 6.47. The third-order valence-electron chi connectivity index (χ3n) is 4.28. The number of hydrogen-bond donors (Lipinski definition) is 1. The lowest BCUT2D eigenvalue weighted by Crippen LogP contribution is -2.06. The number of nitrogens with zero attached hydrogens (tertiary/aromatic N) is 2. The lowest BCUT2D eigenvalue weighted by atomic mass is 10.1. The van der Waals surface area contributed by atoms with Crippen molar-refractivity contribution in [2.75, 3.05) is 19.5 Å². The van der Waals surface area contributed by atoms with E-state index in [0.29, 0.717) is 12.3 Å². The Bertz CT molecular complexity index is 1060. The zero-order valence-electron chi connectivity index (χ0n) is 15.1. The molecule has 1 N–H and O–H groups in total. The first-order valence-corrected chi connectivity index (χ1v) is 9.42. The second-order valence-electron chi connectivity index (χ2n) is 5.90. The molecule has 5 nitrogen and oxygen atoms in total. The predicted octanol–water partition coefficient (Wildman–Crippen LogP) is 4.99. The van der Waals surface area contributed by atoms with E-state index in [0.717, 1.165) is 38.7 Å². The molecule has 0 aliphatic rings. The van der Waals surface area contributed by atoms with Crippen LogP contribution in [-0.2, 0) is 6.54 Å². The van der Waals surface area contributed by atoms with Gasteiger partial charge in [0.25, 0.3) is 0 Å². The highest BCUT2D eigenvalue weighted by Gasteiger charge is 2.12. The van der Waals surface area contributed by atoms with Gasteiger partial charge in [-0.25, -0.2) is 9.97 Å². The molecule has 0 atom stereocenters. The number of anilines is 1. The number of nitrogens with one attached hydrogen (secondary N) is 1. The van der Waals surface area contributed by atoms with Crippen LogP contribution in [0.5, 0.6) is 11.5 Å². The highest BCUT2D eigenvalue weighted by Crippen LogP contribution is 2.32. The highest BCUT2D eigenvalue weighted by molar-refractivity contribution is 7.13. The molecule has 0 saturated carbocycles. The van der Waals surface area contributed by atoms with Crippen molar-refractivity contribution >= 4 is 28.1 Å². The maximum absolute atomic E-state index is 5.53. The predicted molar refractivity (Wildman–Crippen MR) is 110 cm³/mol. The van der Waals surface area contributed by atoms with Crippen molar-refractivity contribution in [3.8, 4) is 22.2 Å². The molecule has 136 valence electrons. The van der Waals surface area contributed by atoms with Crippen LogP contribution in [0.4, 0.5) is 5.82 Å². The lowest BCUT2D eigenvalue weighted by molar-refractivity contribution is 0.352. The molecule has 0 aliphatic heterocycles. The van der Waals surface area contributed by atoms with E-state index in [1.54, 1.807) is 25.6 Å². The largest absolute Gasteiger partial charge is 0.493 e. The minimum absolute atomic E-state index is 0.561. The van der Waals surface area contributed by atoms with Gasteiger partial charge >= 0.3 is 0 Å². The van der Waals surface area contributed by atoms with Gasteiger partial charge in [-0.05, 0) is 29.6 Å². The molecule has 0 aliphatic carbocycles. The topological polar surface area (TPSA) is 56.3 Å². The average Bonchev–Trinajstić information content (AvgIpc) is 3.26. The van der Waals surface area contributed by atoms with Crippen LogP contribution in [0.3, 0.4) is 0 Å². The number of aromatic nitrogens is 2. The van der Waals surface area contributed by atoms with Gasteiger partial charge in [-0.2, -0.15) is 0 Å². The Morgan fingerprint density at radius 3 is 2.59 bits per heavy atom. The van der Waals surface area contributed by atoms with E-state index in [9.17, 15) is 0 Å². The van der Waals surface area contributed by atoms with E-state index in [-0.39, 0.29) is 0 Å². The molecule has 0 saturated heterocycles. The molecule has 4 rings (SSSR count). The van der Waals surface area contributed by atoms with Gasteiger partial charge in [0.2, 0.25) is 0 Å². The Balaban J connectivity index is 1.72. The van der Waals surface area contributed by atoms with Crippen LogP contribution < -0.4 is 14.8 Å². The standard InChI is InChI=1S/C21H19N3O2S/c1-25-17-10-5-7-14(19(17)26-2)13-22-20-15-8-3-4-9-16(15)23-21(24-20)18-11-6-12-27-18/h3-12H,13H2,1-2H3,(H,22,23,24). The van der Waals surface area contributed by atoms with Gasteiger partial charge in [0.1, 0.15) is 5.82 Å². The molecule has 0 unspecified atom stereocenters. The van der Waals surface area contributed by atoms with Crippen molar-refractivity contribution in [1.29, 1.82) is 0 Å². The van der Waals surface area contributed by atoms with Crippen molar-refractivity contribution in [2.45, 2.75) is 6.54 Å². The molecule has 4 aromatic rings. The fourth-order valence-electron chi connectivity index (χ4n) is 3.00.